The summed E-state index contributed by atoms with van der Waals surface area (Å²) in [5.41, 5.74) is 0. The molecule has 0 unspecified atom stereocenters. The van der Waals surface area contributed by atoms with E-state index in [2.05, 4.69) is 30.3 Å². The number of carboxylic acid groups (broad SMARTS) is 1. The molecule has 2 amide bonds. The number of thiophene rings is 1. The second kappa shape index (κ2) is 13.0. The zero-order chi connectivity index (χ0) is 26.8. The van der Waals surface area contributed by atoms with Crippen molar-refractivity contribution in [1.82, 2.24) is 25.0 Å². The van der Waals surface area contributed by atoms with Crippen molar-refractivity contribution in [2.75, 3.05) is 32.4 Å². The number of anilines is 1. The van der Waals surface area contributed by atoms with Crippen LogP contribution in [0.25, 0.3) is 0 Å². The number of nitrogens with one attached hydrogen (secondary N) is 3. The number of aliphatic carboxylic acids is 1. The molecular formula is C15H21N6O11PS2. The minimum Gasteiger partial charge on any atom is -0.480 e. The van der Waals surface area contributed by atoms with Crippen molar-refractivity contribution < 1.29 is 51.7 Å². The van der Waals surface area contributed by atoms with Gasteiger partial charge in [-0.3, -0.25) is 20.0 Å². The van der Waals surface area contributed by atoms with E-state index < -0.39 is 48.4 Å². The first-order chi connectivity index (χ1) is 16.2. The molecule has 0 fully saturated rings. The number of hydrogen-bond acceptors (Lipinski definition) is 13. The van der Waals surface area contributed by atoms with Gasteiger partial charge in [0.25, 0.3) is 10.0 Å². The Morgan fingerprint density at radius 2 is 1.83 bits per heavy atom. The first kappa shape index (κ1) is 29.8. The summed E-state index contributed by atoms with van der Waals surface area (Å²) in [6, 6.07) is 0.0222. The summed E-state index contributed by atoms with van der Waals surface area (Å²) in [6.07, 6.45) is -0.598. The van der Waals surface area contributed by atoms with Gasteiger partial charge in [-0.1, -0.05) is 0 Å². The third kappa shape index (κ3) is 10.7. The number of sulfonamides is 1. The van der Waals surface area contributed by atoms with Crippen LogP contribution in [0.1, 0.15) is 15.5 Å². The van der Waals surface area contributed by atoms with E-state index in [1.165, 1.54) is 25.5 Å². The lowest BCUT2D eigenvalue weighted by atomic mass is 10.5. The number of rotatable bonds is 9. The molecule has 35 heavy (non-hydrogen) atoms. The van der Waals surface area contributed by atoms with E-state index in [1.54, 1.807) is 4.72 Å². The normalized spacial score (nSPS) is 11.0. The van der Waals surface area contributed by atoms with Gasteiger partial charge in [0.05, 0.1) is 27.1 Å². The lowest BCUT2D eigenvalue weighted by Crippen LogP contribution is -2.35. The maximum absolute atomic E-state index is 12.3. The Labute approximate surface area is 202 Å². The number of esters is 1. The highest BCUT2D eigenvalue weighted by Crippen LogP contribution is 2.31. The summed E-state index contributed by atoms with van der Waals surface area (Å²) in [4.78, 5) is 60.6. The summed E-state index contributed by atoms with van der Waals surface area (Å²) in [5.74, 6) is -1.91. The highest BCUT2D eigenvalue weighted by Gasteiger charge is 2.26. The number of aromatic nitrogens is 3. The van der Waals surface area contributed by atoms with Gasteiger partial charge in [0.1, 0.15) is 15.6 Å². The lowest BCUT2D eigenvalue weighted by Gasteiger charge is -2.08. The Morgan fingerprint density at radius 3 is 2.37 bits per heavy atom. The molecule has 194 valence electrons. The molecule has 0 radical (unpaired) electrons. The van der Waals surface area contributed by atoms with Crippen molar-refractivity contribution >= 4 is 52.9 Å². The predicted molar refractivity (Wildman–Crippen MR) is 119 cm³/mol. The average molecular weight is 556 g/mol. The first-order valence-corrected chi connectivity index (χ1v) is 13.1. The Hall–Kier alpha value is -3.22. The molecule has 0 aromatic carbocycles. The van der Waals surface area contributed by atoms with Crippen LogP contribution in [0, 0.1) is 6.92 Å². The fourth-order valence-corrected chi connectivity index (χ4v) is 4.61. The third-order valence-corrected chi connectivity index (χ3v) is 6.28. The van der Waals surface area contributed by atoms with E-state index >= 15 is 0 Å². The maximum Gasteiger partial charge on any atom is 0.349 e. The van der Waals surface area contributed by atoms with E-state index in [0.717, 1.165) is 18.4 Å². The van der Waals surface area contributed by atoms with Crippen LogP contribution in [0.5, 0.6) is 6.01 Å². The lowest BCUT2D eigenvalue weighted by molar-refractivity contribution is -0.135. The molecule has 2 rings (SSSR count). The van der Waals surface area contributed by atoms with Gasteiger partial charge in [-0.25, -0.2) is 22.7 Å². The molecule has 0 aliphatic carbocycles. The van der Waals surface area contributed by atoms with E-state index in [1.807, 2.05) is 0 Å². The molecule has 20 heteroatoms. The van der Waals surface area contributed by atoms with Crippen LogP contribution in [0.15, 0.2) is 16.3 Å². The molecule has 0 saturated carbocycles. The van der Waals surface area contributed by atoms with E-state index in [0.29, 0.717) is 0 Å². The molecule has 6 N–H and O–H groups in total. The molecule has 0 spiro atoms. The first-order valence-electron chi connectivity index (χ1n) is 8.92. The van der Waals surface area contributed by atoms with Crippen molar-refractivity contribution in [3.63, 3.8) is 0 Å². The van der Waals surface area contributed by atoms with E-state index in [9.17, 15) is 27.4 Å². The number of ether oxygens (including phenoxy) is 2. The maximum atomic E-state index is 12.3. The zero-order valence-corrected chi connectivity index (χ0v) is 20.8. The van der Waals surface area contributed by atoms with Crippen LogP contribution in [0.4, 0.5) is 10.7 Å². The topological polar surface area (TPSA) is 256 Å². The minimum absolute atomic E-state index is 0.0449. The number of carbonyl (C=O) groups excluding carboxylic acids is 2. The van der Waals surface area contributed by atoms with Crippen molar-refractivity contribution in [3.8, 4) is 6.01 Å². The second-order valence-corrected chi connectivity index (χ2v) is 10.2. The highest BCUT2D eigenvalue weighted by molar-refractivity contribution is 7.90. The molecule has 0 atom stereocenters. The molecule has 0 aliphatic rings. The predicted octanol–water partition coefficient (Wildman–Crippen LogP) is -0.657. The quantitative estimate of drug-likeness (QED) is 0.165. The summed E-state index contributed by atoms with van der Waals surface area (Å²) in [6.45, 7) is 1.10. The Morgan fingerprint density at radius 1 is 1.17 bits per heavy atom. The standard InChI is InChI=1S/C12H13N5O6S2.C3H8NO5P/c1-6-13-10(16-12(14-6)23-3)15-11(19)17-25(20,21)7-4-5-24-8(7)9(18)22-2;5-3(6)1-4-2-10(7,8)9/h4-5H,1-3H3,(H2,13,14,15,16,17,19);4H,1-2H2,(H,5,6)(H2,7,8,9). The summed E-state index contributed by atoms with van der Waals surface area (Å²) in [7, 11) is -5.95. The molecule has 2 aromatic rings. The number of methoxy groups -OCH3 is 2. The Kier molecular flexibility index (Phi) is 11.1. The SMILES string of the molecule is COC(=O)c1sccc1S(=O)(=O)NC(=O)Nc1nc(C)nc(OC)n1.O=C(O)CNCP(=O)(O)O. The number of nitrogens with zero attached hydrogens (tertiary/aromatic N) is 3. The van der Waals surface area contributed by atoms with Gasteiger partial charge >= 0.3 is 31.6 Å². The molecule has 2 aromatic heterocycles. The number of carbonyl (C=O) groups is 3. The van der Waals surface area contributed by atoms with Gasteiger partial charge in [-0.2, -0.15) is 15.0 Å². The van der Waals surface area contributed by atoms with Crippen molar-refractivity contribution in [2.45, 2.75) is 11.8 Å². The monoisotopic (exact) mass is 556 g/mol. The van der Waals surface area contributed by atoms with Crippen LogP contribution < -0.4 is 20.1 Å². The highest BCUT2D eigenvalue weighted by atomic mass is 32.2. The van der Waals surface area contributed by atoms with Crippen LogP contribution >= 0.6 is 18.9 Å². The number of urea groups is 1. The van der Waals surface area contributed by atoms with Gasteiger partial charge in [0, 0.05) is 0 Å². The van der Waals surface area contributed by atoms with Gasteiger partial charge in [0.15, 0.2) is 0 Å². The smallest absolute Gasteiger partial charge is 0.349 e. The zero-order valence-electron chi connectivity index (χ0n) is 18.3. The largest absolute Gasteiger partial charge is 0.480 e. The molecular weight excluding hydrogens is 535 g/mol. The number of hydrogen-bond donors (Lipinski definition) is 6. The van der Waals surface area contributed by atoms with Crippen LogP contribution in [-0.2, 0) is 24.1 Å². The minimum atomic E-state index is -4.30. The van der Waals surface area contributed by atoms with Gasteiger partial charge in [-0.15, -0.1) is 11.3 Å². The number of aryl methyl sites for hydroxylation is 1. The van der Waals surface area contributed by atoms with Crippen LogP contribution in [0.3, 0.4) is 0 Å². The summed E-state index contributed by atoms with van der Waals surface area (Å²) < 4.78 is 45.7. The summed E-state index contributed by atoms with van der Waals surface area (Å²) >= 11 is 0.872. The second-order valence-electron chi connectivity index (χ2n) is 6.00. The fraction of sp³-hybridized carbons (Fsp3) is 0.333. The van der Waals surface area contributed by atoms with E-state index in [-0.39, 0.29) is 27.6 Å². The van der Waals surface area contributed by atoms with Crippen LogP contribution in [0.2, 0.25) is 0 Å². The van der Waals surface area contributed by atoms with Gasteiger partial charge in [-0.05, 0) is 18.4 Å². The molecule has 0 saturated heterocycles. The molecule has 2 heterocycles. The Balaban J connectivity index is 0.000000518. The summed E-state index contributed by atoms with van der Waals surface area (Å²) in [5, 5.41) is 13.6. The number of amides is 2. The van der Waals surface area contributed by atoms with Crippen molar-refractivity contribution in [2.24, 2.45) is 0 Å². The Bertz CT molecular complexity index is 1210. The number of carboxylic acids is 1. The molecule has 17 nitrogen and oxygen atoms in total. The fourth-order valence-electron chi connectivity index (χ4n) is 1.97. The third-order valence-electron chi connectivity index (χ3n) is 3.25. The van der Waals surface area contributed by atoms with Crippen molar-refractivity contribution in [3.05, 3.63) is 22.1 Å². The molecule has 0 aliphatic heterocycles. The van der Waals surface area contributed by atoms with E-state index in [4.69, 9.17) is 19.6 Å². The molecule has 0 bridgehead atoms. The van der Waals surface area contributed by atoms with Crippen molar-refractivity contribution in [1.29, 1.82) is 0 Å². The van der Waals surface area contributed by atoms with Gasteiger partial charge < -0.3 is 24.4 Å². The average Bonchev–Trinajstić information content (AvgIpc) is 3.22. The van der Waals surface area contributed by atoms with Crippen LogP contribution in [-0.4, -0.2) is 83.3 Å². The van der Waals surface area contributed by atoms with Gasteiger partial charge in [0.2, 0.25) is 5.95 Å².